The Balaban J connectivity index is 2.16. The van der Waals surface area contributed by atoms with Gasteiger partial charge in [-0.15, -0.1) is 0 Å². The molecule has 1 aromatic rings. The van der Waals surface area contributed by atoms with E-state index < -0.39 is 0 Å². The largest absolute Gasteiger partial charge is 0.469 e. The molecule has 2 atom stereocenters. The second-order valence-electron chi connectivity index (χ2n) is 7.03. The molecule has 1 aromatic carbocycles. The quantitative estimate of drug-likeness (QED) is 0.541. The third-order valence-electron chi connectivity index (χ3n) is 4.48. The average molecular weight is 374 g/mol. The molecule has 7 nitrogen and oxygen atoms in total. The summed E-state index contributed by atoms with van der Waals surface area (Å²) in [6, 6.07) is 7.45. The molecule has 0 N–H and O–H groups in total. The van der Waals surface area contributed by atoms with Crippen LogP contribution in [0.2, 0.25) is 0 Å². The van der Waals surface area contributed by atoms with Gasteiger partial charge < -0.3 is 19.1 Å². The molecule has 0 unspecified atom stereocenters. The third-order valence-corrected chi connectivity index (χ3v) is 4.48. The first-order chi connectivity index (χ1) is 12.9. The van der Waals surface area contributed by atoms with Crippen LogP contribution in [0, 0.1) is 18.4 Å². The van der Waals surface area contributed by atoms with Crippen molar-refractivity contribution < 1.29 is 23.8 Å². The molecule has 27 heavy (non-hydrogen) atoms. The number of carbonyl (C=O) groups is 2. The monoisotopic (exact) mass is 374 g/mol. The van der Waals surface area contributed by atoms with Crippen molar-refractivity contribution in [1.29, 1.82) is 0 Å². The maximum Gasteiger partial charge on any atom is 0.409 e. The molecule has 1 fully saturated rings. The van der Waals surface area contributed by atoms with Crippen molar-refractivity contribution in [2.24, 2.45) is 11.8 Å². The van der Waals surface area contributed by atoms with Gasteiger partial charge >= 0.3 is 18.8 Å². The van der Waals surface area contributed by atoms with Crippen LogP contribution >= 0.6 is 0 Å². The summed E-state index contributed by atoms with van der Waals surface area (Å²) >= 11 is 0. The first-order valence-corrected chi connectivity index (χ1v) is 8.99. The Morgan fingerprint density at radius 1 is 1.33 bits per heavy atom. The average Bonchev–Trinajstić information content (AvgIpc) is 3.08. The van der Waals surface area contributed by atoms with Crippen molar-refractivity contribution in [3.05, 3.63) is 41.2 Å². The van der Waals surface area contributed by atoms with E-state index in [1.165, 1.54) is 7.11 Å². The molecule has 1 aliphatic rings. The maximum absolute atomic E-state index is 12.4. The highest BCUT2D eigenvalue weighted by Crippen LogP contribution is 2.36. The van der Waals surface area contributed by atoms with Crippen molar-refractivity contribution >= 4 is 12.1 Å². The van der Waals surface area contributed by atoms with Gasteiger partial charge in [0.2, 0.25) is 0 Å². The van der Waals surface area contributed by atoms with Gasteiger partial charge in [0.05, 0.1) is 20.1 Å². The van der Waals surface area contributed by atoms with Crippen LogP contribution in [0.5, 0.6) is 5.75 Å². The van der Waals surface area contributed by atoms with Crippen LogP contribution in [0.3, 0.4) is 0 Å². The van der Waals surface area contributed by atoms with Crippen molar-refractivity contribution in [3.8, 4) is 5.75 Å². The summed E-state index contributed by atoms with van der Waals surface area (Å²) in [5.41, 5.74) is 0.963. The van der Waals surface area contributed by atoms with Gasteiger partial charge in [-0.2, -0.15) is 0 Å². The van der Waals surface area contributed by atoms with Gasteiger partial charge in [-0.25, -0.2) is 11.4 Å². The fourth-order valence-corrected chi connectivity index (χ4v) is 3.17. The number of carbonyl (C=O) groups excluding carboxylic acids is 2. The number of ether oxygens (including phenoxy) is 3. The Hall–Kier alpha value is -2.75. The zero-order chi connectivity index (χ0) is 19.8. The van der Waals surface area contributed by atoms with E-state index in [1.54, 1.807) is 11.0 Å². The van der Waals surface area contributed by atoms with Gasteiger partial charge in [-0.1, -0.05) is 26.0 Å². The van der Waals surface area contributed by atoms with Gasteiger partial charge in [0.1, 0.15) is 5.75 Å². The number of hydrogen-bond donors (Lipinski definition) is 0. The first-order valence-electron chi connectivity index (χ1n) is 8.99. The van der Waals surface area contributed by atoms with Crippen LogP contribution in [0.15, 0.2) is 24.3 Å². The van der Waals surface area contributed by atoms with Crippen molar-refractivity contribution in [2.45, 2.75) is 26.2 Å². The number of esters is 1. The second kappa shape index (κ2) is 9.81. The summed E-state index contributed by atoms with van der Waals surface area (Å²) in [5, 5.41) is 0. The summed E-state index contributed by atoms with van der Waals surface area (Å²) < 4.78 is 15.5. The zero-order valence-electron chi connectivity index (χ0n) is 16.0. The Bertz CT molecular complexity index is 698. The van der Waals surface area contributed by atoms with Gasteiger partial charge in [0.25, 0.3) is 0 Å². The minimum atomic E-state index is -0.360. The number of hydrogen-bond acceptors (Lipinski definition) is 5. The van der Waals surface area contributed by atoms with E-state index in [2.05, 4.69) is 4.85 Å². The van der Waals surface area contributed by atoms with E-state index >= 15 is 0 Å². The van der Waals surface area contributed by atoms with Gasteiger partial charge in [-0.05, 0) is 29.5 Å². The molecule has 1 heterocycles. The molecule has 1 aliphatic heterocycles. The van der Waals surface area contributed by atoms with E-state index in [9.17, 15) is 9.59 Å². The fraction of sp³-hybridized carbons (Fsp3) is 0.550. The fourth-order valence-electron chi connectivity index (χ4n) is 3.17. The molecule has 0 bridgehead atoms. The van der Waals surface area contributed by atoms with Crippen LogP contribution in [-0.2, 0) is 14.3 Å². The topological polar surface area (TPSA) is 69.4 Å². The number of methoxy groups -OCH3 is 1. The number of benzene rings is 1. The van der Waals surface area contributed by atoms with E-state index in [0.29, 0.717) is 25.4 Å². The van der Waals surface area contributed by atoms with Gasteiger partial charge in [0.15, 0.2) is 0 Å². The SMILES string of the molecule is [C-]#[N+]COc1cccc([C@@H]2CN(C(=O)OCC(C)C)C[C@@H]2CC(=O)OC)c1. The van der Waals surface area contributed by atoms with Crippen LogP contribution in [0.4, 0.5) is 4.79 Å². The molecule has 1 amide bonds. The van der Waals surface area contributed by atoms with Crippen LogP contribution in [-0.4, -0.2) is 50.5 Å². The smallest absolute Gasteiger partial charge is 0.409 e. The molecular weight excluding hydrogens is 348 g/mol. The molecule has 0 aliphatic carbocycles. The predicted octanol–water partition coefficient (Wildman–Crippen LogP) is 3.31. The lowest BCUT2D eigenvalue weighted by atomic mass is 9.87. The molecular formula is C20H26N2O5. The predicted molar refractivity (Wildman–Crippen MR) is 99.2 cm³/mol. The molecule has 0 aromatic heterocycles. The molecule has 2 rings (SSSR count). The zero-order valence-corrected chi connectivity index (χ0v) is 16.0. The number of nitrogens with zero attached hydrogens (tertiary/aromatic N) is 2. The van der Waals surface area contributed by atoms with Crippen LogP contribution in [0.1, 0.15) is 31.7 Å². The molecule has 0 radical (unpaired) electrons. The standard InChI is InChI=1S/C20H26N2O5/c1-14(2)12-26-20(24)22-10-16(9-19(23)25-4)18(11-22)15-6-5-7-17(8-15)27-13-21-3/h5-8,14,16,18H,9-13H2,1-2,4H3/t16-,18-/m0/s1. The minimum Gasteiger partial charge on any atom is -0.469 e. The lowest BCUT2D eigenvalue weighted by molar-refractivity contribution is -0.141. The Kier molecular flexibility index (Phi) is 7.47. The van der Waals surface area contributed by atoms with E-state index in [1.807, 2.05) is 32.0 Å². The van der Waals surface area contributed by atoms with Crippen LogP contribution in [0.25, 0.3) is 4.85 Å². The third kappa shape index (κ3) is 5.88. The first kappa shape index (κ1) is 20.6. The van der Waals surface area contributed by atoms with Crippen molar-refractivity contribution in [2.75, 3.05) is 33.5 Å². The van der Waals surface area contributed by atoms with Gasteiger partial charge in [-0.3, -0.25) is 9.64 Å². The maximum atomic E-state index is 12.4. The summed E-state index contributed by atoms with van der Waals surface area (Å²) in [6.45, 7) is 12.0. The van der Waals surface area contributed by atoms with Gasteiger partial charge in [0, 0.05) is 19.0 Å². The van der Waals surface area contributed by atoms with E-state index in [4.69, 9.17) is 20.8 Å². The normalized spacial score (nSPS) is 18.9. The van der Waals surface area contributed by atoms with Crippen molar-refractivity contribution in [3.63, 3.8) is 0 Å². The highest BCUT2D eigenvalue weighted by atomic mass is 16.6. The molecule has 7 heteroatoms. The molecule has 1 saturated heterocycles. The number of likely N-dealkylation sites (tertiary alicyclic amines) is 1. The molecule has 0 saturated carbocycles. The van der Waals surface area contributed by atoms with E-state index in [-0.39, 0.29) is 43.0 Å². The Morgan fingerprint density at radius 2 is 2.11 bits per heavy atom. The molecule has 146 valence electrons. The number of amides is 1. The lowest BCUT2D eigenvalue weighted by Crippen LogP contribution is -2.30. The highest BCUT2D eigenvalue weighted by Gasteiger charge is 2.38. The summed E-state index contributed by atoms with van der Waals surface area (Å²) in [6.07, 6.45) is -0.135. The Morgan fingerprint density at radius 3 is 2.78 bits per heavy atom. The lowest BCUT2D eigenvalue weighted by Gasteiger charge is -2.18. The highest BCUT2D eigenvalue weighted by molar-refractivity contribution is 5.71. The number of rotatable bonds is 7. The van der Waals surface area contributed by atoms with E-state index in [0.717, 1.165) is 5.56 Å². The Labute approximate surface area is 160 Å². The summed E-state index contributed by atoms with van der Waals surface area (Å²) in [5.74, 6) is 0.450. The molecule has 0 spiro atoms. The van der Waals surface area contributed by atoms with Crippen LogP contribution < -0.4 is 4.74 Å². The summed E-state index contributed by atoms with van der Waals surface area (Å²) in [7, 11) is 1.36. The summed E-state index contributed by atoms with van der Waals surface area (Å²) in [4.78, 5) is 29.0. The van der Waals surface area contributed by atoms with Crippen molar-refractivity contribution in [1.82, 2.24) is 4.90 Å². The second-order valence-corrected chi connectivity index (χ2v) is 7.03. The minimum absolute atomic E-state index is 0.0350.